The highest BCUT2D eigenvalue weighted by Gasteiger charge is 2.20. The van der Waals surface area contributed by atoms with E-state index in [9.17, 15) is 4.79 Å². The van der Waals surface area contributed by atoms with Crippen LogP contribution in [-0.2, 0) is 12.1 Å². The topological polar surface area (TPSA) is 35.1 Å². The van der Waals surface area contributed by atoms with Gasteiger partial charge in [-0.2, -0.15) is 0 Å². The summed E-state index contributed by atoms with van der Waals surface area (Å²) in [5.41, 5.74) is 0.718. The van der Waals surface area contributed by atoms with E-state index in [1.807, 2.05) is 23.3 Å². The molecule has 20 heavy (non-hydrogen) atoms. The number of rotatable bonds is 4. The van der Waals surface area contributed by atoms with E-state index in [4.69, 9.17) is 4.74 Å². The Labute approximate surface area is 119 Å². The summed E-state index contributed by atoms with van der Waals surface area (Å²) in [5, 5.41) is 0. The summed E-state index contributed by atoms with van der Waals surface area (Å²) in [5.74, 6) is 0.845. The van der Waals surface area contributed by atoms with Crippen LogP contribution >= 0.6 is 0 Å². The van der Waals surface area contributed by atoms with Gasteiger partial charge in [-0.25, -0.2) is 9.13 Å². The number of nitrogens with zero attached hydrogens (tertiary/aromatic N) is 2. The van der Waals surface area contributed by atoms with Crippen molar-refractivity contribution in [1.82, 2.24) is 4.57 Å². The van der Waals surface area contributed by atoms with Gasteiger partial charge in [-0.05, 0) is 45.0 Å². The maximum Gasteiger partial charge on any atom is 0.244 e. The van der Waals surface area contributed by atoms with Gasteiger partial charge < -0.3 is 4.74 Å². The first-order chi connectivity index (χ1) is 9.40. The normalized spacial score (nSPS) is 11.4. The second-order valence-corrected chi connectivity index (χ2v) is 5.82. The number of aromatic nitrogens is 2. The number of carbonyl (C=O) groups is 1. The van der Waals surface area contributed by atoms with Crippen LogP contribution in [0.5, 0.6) is 5.75 Å². The minimum absolute atomic E-state index is 0.0222. The van der Waals surface area contributed by atoms with Gasteiger partial charge in [-0.3, -0.25) is 4.79 Å². The molecule has 0 N–H and O–H groups in total. The number of methoxy groups -OCH3 is 1. The van der Waals surface area contributed by atoms with Crippen LogP contribution in [0.15, 0.2) is 43.0 Å². The van der Waals surface area contributed by atoms with E-state index in [-0.39, 0.29) is 11.3 Å². The Bertz CT molecular complexity index is 592. The Balaban J connectivity index is 2.09. The highest BCUT2D eigenvalue weighted by molar-refractivity contribution is 5.95. The largest absolute Gasteiger partial charge is 0.497 e. The van der Waals surface area contributed by atoms with Crippen LogP contribution in [0.2, 0.25) is 0 Å². The summed E-state index contributed by atoms with van der Waals surface area (Å²) >= 11 is 0. The lowest BCUT2D eigenvalue weighted by Gasteiger charge is -2.13. The molecule has 0 spiro atoms. The second-order valence-electron chi connectivity index (χ2n) is 5.82. The fourth-order valence-corrected chi connectivity index (χ4v) is 1.92. The van der Waals surface area contributed by atoms with Crippen LogP contribution in [0, 0.1) is 0 Å². The summed E-state index contributed by atoms with van der Waals surface area (Å²) in [6.07, 6.45) is 5.87. The number of hydrogen-bond donors (Lipinski definition) is 0. The first-order valence-corrected chi connectivity index (χ1v) is 6.65. The molecule has 4 heteroatoms. The molecular formula is C16H21N2O2+. The quantitative estimate of drug-likeness (QED) is 0.633. The van der Waals surface area contributed by atoms with E-state index in [2.05, 4.69) is 25.3 Å². The number of Topliss-reactive ketones (excluding diaryl/α,β-unsaturated/α-hetero) is 1. The maximum absolute atomic E-state index is 12.2. The van der Waals surface area contributed by atoms with Crippen LogP contribution in [-0.4, -0.2) is 17.5 Å². The Morgan fingerprint density at radius 2 is 1.90 bits per heavy atom. The molecule has 1 heterocycles. The van der Waals surface area contributed by atoms with Gasteiger partial charge in [0.05, 0.1) is 7.11 Å². The Morgan fingerprint density at radius 1 is 1.25 bits per heavy atom. The van der Waals surface area contributed by atoms with Crippen LogP contribution in [0.4, 0.5) is 0 Å². The predicted molar refractivity (Wildman–Crippen MR) is 76.9 cm³/mol. The van der Waals surface area contributed by atoms with Gasteiger partial charge in [0.1, 0.15) is 23.7 Å². The van der Waals surface area contributed by atoms with Crippen molar-refractivity contribution in [2.75, 3.05) is 7.11 Å². The molecule has 4 nitrogen and oxygen atoms in total. The van der Waals surface area contributed by atoms with Gasteiger partial charge in [-0.1, -0.05) is 0 Å². The van der Waals surface area contributed by atoms with E-state index < -0.39 is 0 Å². The zero-order valence-electron chi connectivity index (χ0n) is 12.5. The monoisotopic (exact) mass is 273 g/mol. The zero-order valence-corrected chi connectivity index (χ0v) is 12.5. The molecule has 106 valence electrons. The molecule has 1 aromatic heterocycles. The number of ether oxygens (including phenoxy) is 1. The molecule has 1 aromatic carbocycles. The molecule has 0 atom stereocenters. The molecule has 0 fully saturated rings. The fourth-order valence-electron chi connectivity index (χ4n) is 1.92. The van der Waals surface area contributed by atoms with Crippen molar-refractivity contribution in [3.63, 3.8) is 0 Å². The summed E-state index contributed by atoms with van der Waals surface area (Å²) in [6.45, 7) is 6.73. The van der Waals surface area contributed by atoms with E-state index in [0.29, 0.717) is 12.1 Å². The fraction of sp³-hybridized carbons (Fsp3) is 0.375. The van der Waals surface area contributed by atoms with E-state index in [1.165, 1.54) is 0 Å². The van der Waals surface area contributed by atoms with Crippen molar-refractivity contribution in [2.24, 2.45) is 0 Å². The standard InChI is InChI=1S/C16H21N2O2/c1-16(2,3)18-10-9-17(12-18)11-15(19)13-5-7-14(20-4)8-6-13/h5-10,12H,11H2,1-4H3/q+1. The van der Waals surface area contributed by atoms with Crippen molar-refractivity contribution in [1.29, 1.82) is 0 Å². The average molecular weight is 273 g/mol. The maximum atomic E-state index is 12.2. The Kier molecular flexibility index (Phi) is 3.93. The highest BCUT2D eigenvalue weighted by Crippen LogP contribution is 2.13. The molecule has 0 unspecified atom stereocenters. The van der Waals surface area contributed by atoms with Gasteiger partial charge in [0.15, 0.2) is 6.54 Å². The molecule has 2 rings (SSSR count). The van der Waals surface area contributed by atoms with E-state index in [1.54, 1.807) is 31.4 Å². The van der Waals surface area contributed by atoms with Gasteiger partial charge in [-0.15, -0.1) is 0 Å². The summed E-state index contributed by atoms with van der Waals surface area (Å²) < 4.78 is 9.08. The number of imidazole rings is 1. The van der Waals surface area contributed by atoms with Crippen LogP contribution < -0.4 is 9.30 Å². The molecule has 0 bridgehead atoms. The Morgan fingerprint density at radius 3 is 2.40 bits per heavy atom. The lowest BCUT2D eigenvalue weighted by molar-refractivity contribution is -0.682. The van der Waals surface area contributed by atoms with Crippen molar-refractivity contribution >= 4 is 5.78 Å². The third-order valence-corrected chi connectivity index (χ3v) is 3.20. The smallest absolute Gasteiger partial charge is 0.244 e. The molecular weight excluding hydrogens is 252 g/mol. The minimum atomic E-state index is 0.0222. The van der Waals surface area contributed by atoms with Crippen LogP contribution in [0.3, 0.4) is 0 Å². The molecule has 0 aliphatic rings. The van der Waals surface area contributed by atoms with E-state index >= 15 is 0 Å². The first kappa shape index (κ1) is 14.3. The van der Waals surface area contributed by atoms with Crippen LogP contribution in [0.25, 0.3) is 0 Å². The SMILES string of the molecule is COc1ccc(C(=O)C[n+]2ccn(C(C)(C)C)c2)cc1. The molecule has 2 aromatic rings. The number of benzene rings is 1. The molecule has 0 aliphatic carbocycles. The first-order valence-electron chi connectivity index (χ1n) is 6.65. The lowest BCUT2D eigenvalue weighted by atomic mass is 10.1. The molecule has 0 amide bonds. The Hall–Kier alpha value is -2.10. The van der Waals surface area contributed by atoms with Crippen molar-refractivity contribution in [2.45, 2.75) is 32.9 Å². The summed E-state index contributed by atoms with van der Waals surface area (Å²) in [6, 6.07) is 7.20. The highest BCUT2D eigenvalue weighted by atomic mass is 16.5. The predicted octanol–water partition coefficient (Wildman–Crippen LogP) is 2.42. The number of carbonyl (C=O) groups excluding carboxylic acids is 1. The molecule has 0 saturated heterocycles. The summed E-state index contributed by atoms with van der Waals surface area (Å²) in [4.78, 5) is 12.2. The third-order valence-electron chi connectivity index (χ3n) is 3.20. The van der Waals surface area contributed by atoms with Crippen molar-refractivity contribution in [3.05, 3.63) is 48.5 Å². The van der Waals surface area contributed by atoms with Crippen molar-refractivity contribution < 1.29 is 14.1 Å². The van der Waals surface area contributed by atoms with Crippen LogP contribution in [0.1, 0.15) is 31.1 Å². The zero-order chi connectivity index (χ0) is 14.8. The average Bonchev–Trinajstić information content (AvgIpc) is 2.87. The third kappa shape index (κ3) is 3.26. The molecule has 0 radical (unpaired) electrons. The molecule has 0 saturated carbocycles. The van der Waals surface area contributed by atoms with Crippen molar-refractivity contribution in [3.8, 4) is 5.75 Å². The lowest BCUT2D eigenvalue weighted by Crippen LogP contribution is -2.36. The van der Waals surface area contributed by atoms with Gasteiger partial charge >= 0.3 is 0 Å². The minimum Gasteiger partial charge on any atom is -0.497 e. The second kappa shape index (κ2) is 5.49. The summed E-state index contributed by atoms with van der Waals surface area (Å²) in [7, 11) is 1.61. The number of hydrogen-bond acceptors (Lipinski definition) is 2. The molecule has 0 aliphatic heterocycles. The van der Waals surface area contributed by atoms with Gasteiger partial charge in [0.2, 0.25) is 12.1 Å². The number of ketones is 1. The van der Waals surface area contributed by atoms with E-state index in [0.717, 1.165) is 5.75 Å². The van der Waals surface area contributed by atoms with Gasteiger partial charge in [0, 0.05) is 5.56 Å². The van der Waals surface area contributed by atoms with Gasteiger partial charge in [0.25, 0.3) is 0 Å².